The summed E-state index contributed by atoms with van der Waals surface area (Å²) in [6, 6.07) is 0.540. The summed E-state index contributed by atoms with van der Waals surface area (Å²) in [5.74, 6) is -0.691. The van der Waals surface area contributed by atoms with Gasteiger partial charge >= 0.3 is 5.97 Å². The predicted molar refractivity (Wildman–Crippen MR) is 50.8 cm³/mol. The summed E-state index contributed by atoms with van der Waals surface area (Å²) in [4.78, 5) is 12.6. The fraction of sp³-hybridized carbons (Fsp3) is 0.889. The van der Waals surface area contributed by atoms with Crippen molar-refractivity contribution in [3.8, 4) is 0 Å². The maximum atomic E-state index is 10.3. The van der Waals surface area contributed by atoms with Gasteiger partial charge in [0.05, 0.1) is 0 Å². The molecule has 0 bridgehead atoms. The van der Waals surface area contributed by atoms with Crippen LogP contribution in [0.3, 0.4) is 0 Å². The van der Waals surface area contributed by atoms with E-state index in [0.29, 0.717) is 6.04 Å². The second-order valence-corrected chi connectivity index (χ2v) is 3.65. The number of nitrogens with zero attached hydrogens (tertiary/aromatic N) is 1. The second-order valence-electron chi connectivity index (χ2n) is 3.65. The zero-order chi connectivity index (χ0) is 9.68. The Balaban J connectivity index is 2.10. The zero-order valence-corrected chi connectivity index (χ0v) is 8.12. The molecule has 1 aliphatic heterocycles. The van der Waals surface area contributed by atoms with Crippen molar-refractivity contribution in [3.05, 3.63) is 0 Å². The van der Waals surface area contributed by atoms with Crippen molar-refractivity contribution < 1.29 is 9.90 Å². The fourth-order valence-electron chi connectivity index (χ4n) is 1.67. The third kappa shape index (κ3) is 4.24. The highest BCUT2D eigenvalue weighted by Crippen LogP contribution is 2.00. The number of carbonyl (C=O) groups is 1. The zero-order valence-electron chi connectivity index (χ0n) is 8.12. The van der Waals surface area contributed by atoms with Gasteiger partial charge in [-0.2, -0.15) is 0 Å². The van der Waals surface area contributed by atoms with Crippen LogP contribution in [0, 0.1) is 0 Å². The van der Waals surface area contributed by atoms with Crippen molar-refractivity contribution in [1.29, 1.82) is 0 Å². The van der Waals surface area contributed by atoms with Gasteiger partial charge in [0.25, 0.3) is 0 Å². The van der Waals surface area contributed by atoms with Gasteiger partial charge in [-0.3, -0.25) is 4.79 Å². The summed E-state index contributed by atoms with van der Waals surface area (Å²) in [6.45, 7) is 6.18. The average Bonchev–Trinajstić information content (AvgIpc) is 2.03. The standard InChI is InChI=1S/C9H18N2O2/c1-8-7-11(6-4-10-8)5-2-3-9(12)13/h8,10H,2-7H2,1H3,(H,12,13)/t8-/m0/s1. The molecule has 1 atom stereocenters. The van der Waals surface area contributed by atoms with Crippen LogP contribution in [0.4, 0.5) is 0 Å². The molecule has 1 saturated heterocycles. The fourth-order valence-corrected chi connectivity index (χ4v) is 1.67. The third-order valence-corrected chi connectivity index (χ3v) is 2.32. The normalized spacial score (nSPS) is 24.5. The van der Waals surface area contributed by atoms with Gasteiger partial charge in [0.1, 0.15) is 0 Å². The van der Waals surface area contributed by atoms with Gasteiger partial charge < -0.3 is 15.3 Å². The first kappa shape index (κ1) is 10.5. The molecule has 1 rings (SSSR count). The number of hydrogen-bond donors (Lipinski definition) is 2. The van der Waals surface area contributed by atoms with Crippen molar-refractivity contribution >= 4 is 5.97 Å². The Labute approximate surface area is 78.9 Å². The van der Waals surface area contributed by atoms with E-state index in [1.54, 1.807) is 0 Å². The van der Waals surface area contributed by atoms with Crippen LogP contribution in [-0.4, -0.2) is 48.2 Å². The second kappa shape index (κ2) is 5.19. The lowest BCUT2D eigenvalue weighted by Gasteiger charge is -2.31. The molecule has 0 aromatic carbocycles. The van der Waals surface area contributed by atoms with Crippen molar-refractivity contribution in [2.75, 3.05) is 26.2 Å². The monoisotopic (exact) mass is 186 g/mol. The lowest BCUT2D eigenvalue weighted by Crippen LogP contribution is -2.49. The molecule has 0 radical (unpaired) electrons. The minimum absolute atomic E-state index is 0.290. The first-order valence-electron chi connectivity index (χ1n) is 4.86. The maximum absolute atomic E-state index is 10.3. The SMILES string of the molecule is C[C@H]1CN(CCCC(=O)O)CCN1. The van der Waals surface area contributed by atoms with E-state index >= 15 is 0 Å². The van der Waals surface area contributed by atoms with E-state index in [-0.39, 0.29) is 6.42 Å². The molecule has 1 aliphatic rings. The number of aliphatic carboxylic acids is 1. The van der Waals surface area contributed by atoms with Crippen LogP contribution in [0.5, 0.6) is 0 Å². The van der Waals surface area contributed by atoms with Gasteiger partial charge in [0, 0.05) is 32.1 Å². The first-order chi connectivity index (χ1) is 6.18. The van der Waals surface area contributed by atoms with E-state index in [4.69, 9.17) is 5.11 Å². The maximum Gasteiger partial charge on any atom is 0.303 e. The molecule has 0 amide bonds. The van der Waals surface area contributed by atoms with Crippen molar-refractivity contribution in [1.82, 2.24) is 10.2 Å². The Bertz CT molecular complexity index is 173. The van der Waals surface area contributed by atoms with Gasteiger partial charge in [-0.15, -0.1) is 0 Å². The minimum atomic E-state index is -0.691. The third-order valence-electron chi connectivity index (χ3n) is 2.32. The summed E-state index contributed by atoms with van der Waals surface area (Å²) < 4.78 is 0. The molecule has 0 saturated carbocycles. The summed E-state index contributed by atoms with van der Waals surface area (Å²) >= 11 is 0. The molecule has 0 aliphatic carbocycles. The number of carboxylic acids is 1. The summed E-state index contributed by atoms with van der Waals surface area (Å²) in [5.41, 5.74) is 0. The molecule has 13 heavy (non-hydrogen) atoms. The smallest absolute Gasteiger partial charge is 0.303 e. The first-order valence-corrected chi connectivity index (χ1v) is 4.86. The molecule has 0 spiro atoms. The van der Waals surface area contributed by atoms with Crippen molar-refractivity contribution in [2.45, 2.75) is 25.8 Å². The number of hydrogen-bond acceptors (Lipinski definition) is 3. The molecule has 4 nitrogen and oxygen atoms in total. The van der Waals surface area contributed by atoms with Crippen LogP contribution >= 0.6 is 0 Å². The van der Waals surface area contributed by atoms with E-state index in [9.17, 15) is 4.79 Å². The Morgan fingerprint density at radius 1 is 1.69 bits per heavy atom. The van der Waals surface area contributed by atoms with E-state index in [0.717, 1.165) is 32.6 Å². The number of piperazine rings is 1. The molecular formula is C9H18N2O2. The molecule has 0 aromatic heterocycles. The number of carboxylic acid groups (broad SMARTS) is 1. The highest BCUT2D eigenvalue weighted by Gasteiger charge is 2.14. The van der Waals surface area contributed by atoms with Gasteiger partial charge in [0.15, 0.2) is 0 Å². The molecule has 1 heterocycles. The lowest BCUT2D eigenvalue weighted by atomic mass is 10.2. The molecule has 4 heteroatoms. The van der Waals surface area contributed by atoms with Gasteiger partial charge in [-0.05, 0) is 19.9 Å². The Kier molecular flexibility index (Phi) is 4.18. The molecule has 1 fully saturated rings. The topological polar surface area (TPSA) is 52.6 Å². The highest BCUT2D eigenvalue weighted by atomic mass is 16.4. The van der Waals surface area contributed by atoms with E-state index in [1.807, 2.05) is 0 Å². The Morgan fingerprint density at radius 2 is 2.46 bits per heavy atom. The van der Waals surface area contributed by atoms with E-state index in [1.165, 1.54) is 0 Å². The summed E-state index contributed by atoms with van der Waals surface area (Å²) in [6.07, 6.45) is 1.06. The molecule has 0 aromatic rings. The number of rotatable bonds is 4. The molecule has 0 unspecified atom stereocenters. The summed E-state index contributed by atoms with van der Waals surface area (Å²) in [7, 11) is 0. The highest BCUT2D eigenvalue weighted by molar-refractivity contribution is 5.66. The van der Waals surface area contributed by atoms with Crippen LogP contribution in [-0.2, 0) is 4.79 Å². The Morgan fingerprint density at radius 3 is 3.08 bits per heavy atom. The quantitative estimate of drug-likeness (QED) is 0.656. The van der Waals surface area contributed by atoms with Crippen LogP contribution in [0.25, 0.3) is 0 Å². The summed E-state index contributed by atoms with van der Waals surface area (Å²) in [5, 5.41) is 11.8. The van der Waals surface area contributed by atoms with Gasteiger partial charge in [0.2, 0.25) is 0 Å². The van der Waals surface area contributed by atoms with Crippen LogP contribution in [0.15, 0.2) is 0 Å². The average molecular weight is 186 g/mol. The van der Waals surface area contributed by atoms with Crippen LogP contribution < -0.4 is 5.32 Å². The van der Waals surface area contributed by atoms with Gasteiger partial charge in [-0.25, -0.2) is 0 Å². The van der Waals surface area contributed by atoms with Crippen molar-refractivity contribution in [3.63, 3.8) is 0 Å². The number of nitrogens with one attached hydrogen (secondary N) is 1. The molecular weight excluding hydrogens is 168 g/mol. The van der Waals surface area contributed by atoms with Crippen LogP contribution in [0.1, 0.15) is 19.8 Å². The minimum Gasteiger partial charge on any atom is -0.481 e. The predicted octanol–water partition coefficient (Wildman–Crippen LogP) is 0.145. The molecule has 76 valence electrons. The van der Waals surface area contributed by atoms with E-state index < -0.39 is 5.97 Å². The van der Waals surface area contributed by atoms with Crippen molar-refractivity contribution in [2.24, 2.45) is 0 Å². The lowest BCUT2D eigenvalue weighted by molar-refractivity contribution is -0.137. The largest absolute Gasteiger partial charge is 0.481 e. The van der Waals surface area contributed by atoms with E-state index in [2.05, 4.69) is 17.1 Å². The van der Waals surface area contributed by atoms with Gasteiger partial charge in [-0.1, -0.05) is 0 Å². The molecule has 2 N–H and O–H groups in total. The Hall–Kier alpha value is -0.610. The van der Waals surface area contributed by atoms with Crippen LogP contribution in [0.2, 0.25) is 0 Å².